The molecule has 2 aromatic rings. The van der Waals surface area contributed by atoms with Gasteiger partial charge in [0.1, 0.15) is 11.9 Å². The normalized spacial score (nSPS) is 17.2. The van der Waals surface area contributed by atoms with E-state index in [1.165, 1.54) is 0 Å². The van der Waals surface area contributed by atoms with Gasteiger partial charge in [-0.1, -0.05) is 30.3 Å². The highest BCUT2D eigenvalue weighted by Gasteiger charge is 2.30. The summed E-state index contributed by atoms with van der Waals surface area (Å²) in [5.74, 6) is 0.0351. The molecule has 0 aliphatic carbocycles. The van der Waals surface area contributed by atoms with Crippen molar-refractivity contribution in [1.29, 1.82) is 0 Å². The van der Waals surface area contributed by atoms with Crippen molar-refractivity contribution in [2.45, 2.75) is 6.04 Å². The monoisotopic (exact) mass is 298 g/mol. The molecule has 3 rings (SSSR count). The first-order valence-corrected chi connectivity index (χ1v) is 7.28. The molecule has 2 heterocycles. The van der Waals surface area contributed by atoms with E-state index in [2.05, 4.69) is 14.9 Å². The topological polar surface area (TPSA) is 69.6 Å². The van der Waals surface area contributed by atoms with Gasteiger partial charge in [-0.25, -0.2) is 4.98 Å². The number of benzene rings is 1. The van der Waals surface area contributed by atoms with Crippen LogP contribution in [-0.2, 0) is 4.79 Å². The Bertz CT molecular complexity index is 613. The first-order valence-electron chi connectivity index (χ1n) is 7.28. The molecule has 0 saturated carbocycles. The zero-order valence-electron chi connectivity index (χ0n) is 12.2. The third-order valence-corrected chi connectivity index (χ3v) is 3.90. The summed E-state index contributed by atoms with van der Waals surface area (Å²) in [6.07, 6.45) is 5.06. The molecular formula is C16H18N4O2. The van der Waals surface area contributed by atoms with Crippen LogP contribution in [0.5, 0.6) is 0 Å². The highest BCUT2D eigenvalue weighted by molar-refractivity contribution is 5.75. The van der Waals surface area contributed by atoms with E-state index < -0.39 is 12.0 Å². The lowest BCUT2D eigenvalue weighted by Gasteiger charge is -2.38. The van der Waals surface area contributed by atoms with Crippen molar-refractivity contribution in [3.05, 3.63) is 54.5 Å². The Morgan fingerprint density at radius 3 is 2.41 bits per heavy atom. The highest BCUT2D eigenvalue weighted by Crippen LogP contribution is 2.23. The van der Waals surface area contributed by atoms with Crippen molar-refractivity contribution >= 4 is 11.8 Å². The van der Waals surface area contributed by atoms with Crippen LogP contribution >= 0.6 is 0 Å². The van der Waals surface area contributed by atoms with E-state index in [1.54, 1.807) is 18.6 Å². The summed E-state index contributed by atoms with van der Waals surface area (Å²) < 4.78 is 0. The average Bonchev–Trinajstić information content (AvgIpc) is 2.57. The fourth-order valence-electron chi connectivity index (χ4n) is 2.81. The molecule has 0 bridgehead atoms. The third kappa shape index (κ3) is 3.07. The molecule has 0 spiro atoms. The molecule has 6 heteroatoms. The minimum Gasteiger partial charge on any atom is -0.480 e. The van der Waals surface area contributed by atoms with Gasteiger partial charge in [0.25, 0.3) is 0 Å². The maximum Gasteiger partial charge on any atom is 0.325 e. The minimum atomic E-state index is -0.806. The van der Waals surface area contributed by atoms with Crippen LogP contribution in [0.15, 0.2) is 48.9 Å². The van der Waals surface area contributed by atoms with Crippen molar-refractivity contribution in [3.63, 3.8) is 0 Å². The number of carbonyl (C=O) groups is 1. The van der Waals surface area contributed by atoms with Crippen LogP contribution in [0.4, 0.5) is 5.82 Å². The number of nitrogens with zero attached hydrogens (tertiary/aromatic N) is 4. The summed E-state index contributed by atoms with van der Waals surface area (Å²) in [6, 6.07) is 8.79. The Balaban J connectivity index is 1.70. The number of hydrogen-bond donors (Lipinski definition) is 1. The van der Waals surface area contributed by atoms with Gasteiger partial charge >= 0.3 is 5.97 Å². The molecule has 1 unspecified atom stereocenters. The number of hydrogen-bond acceptors (Lipinski definition) is 5. The lowest BCUT2D eigenvalue weighted by molar-refractivity contribution is -0.143. The molecule has 114 valence electrons. The van der Waals surface area contributed by atoms with Crippen molar-refractivity contribution in [2.24, 2.45) is 0 Å². The Morgan fingerprint density at radius 1 is 1.09 bits per heavy atom. The highest BCUT2D eigenvalue weighted by atomic mass is 16.4. The van der Waals surface area contributed by atoms with Crippen LogP contribution in [0.2, 0.25) is 0 Å². The lowest BCUT2D eigenvalue weighted by Crippen LogP contribution is -2.49. The van der Waals surface area contributed by atoms with Gasteiger partial charge in [-0.2, -0.15) is 0 Å². The lowest BCUT2D eigenvalue weighted by atomic mass is 10.0. The smallest absolute Gasteiger partial charge is 0.325 e. The molecule has 1 aliphatic heterocycles. The van der Waals surface area contributed by atoms with Crippen molar-refractivity contribution < 1.29 is 9.90 Å². The molecule has 1 saturated heterocycles. The first kappa shape index (κ1) is 14.5. The van der Waals surface area contributed by atoms with Gasteiger partial charge in [0.15, 0.2) is 0 Å². The second-order valence-corrected chi connectivity index (χ2v) is 5.24. The van der Waals surface area contributed by atoms with E-state index in [1.807, 2.05) is 35.2 Å². The fourth-order valence-corrected chi connectivity index (χ4v) is 2.81. The van der Waals surface area contributed by atoms with Crippen LogP contribution in [0.3, 0.4) is 0 Å². The Kier molecular flexibility index (Phi) is 4.29. The molecule has 1 atom stereocenters. The van der Waals surface area contributed by atoms with Crippen LogP contribution in [0.1, 0.15) is 11.6 Å². The summed E-state index contributed by atoms with van der Waals surface area (Å²) in [4.78, 5) is 24.2. The molecular weight excluding hydrogens is 280 g/mol. The maximum atomic E-state index is 11.7. The van der Waals surface area contributed by atoms with E-state index >= 15 is 0 Å². The van der Waals surface area contributed by atoms with E-state index in [0.29, 0.717) is 13.1 Å². The van der Waals surface area contributed by atoms with Crippen molar-refractivity contribution in [3.8, 4) is 0 Å². The number of carboxylic acid groups (broad SMARTS) is 1. The second kappa shape index (κ2) is 6.53. The fraction of sp³-hybridized carbons (Fsp3) is 0.312. The van der Waals surface area contributed by atoms with E-state index in [0.717, 1.165) is 24.5 Å². The van der Waals surface area contributed by atoms with E-state index in [-0.39, 0.29) is 0 Å². The number of aromatic nitrogens is 2. The molecule has 1 N–H and O–H groups in total. The van der Waals surface area contributed by atoms with Gasteiger partial charge < -0.3 is 10.0 Å². The summed E-state index contributed by atoms with van der Waals surface area (Å²) in [6.45, 7) is 2.86. The first-order chi connectivity index (χ1) is 10.8. The molecule has 22 heavy (non-hydrogen) atoms. The number of piperazine rings is 1. The van der Waals surface area contributed by atoms with Crippen molar-refractivity contribution in [1.82, 2.24) is 14.9 Å². The zero-order valence-corrected chi connectivity index (χ0v) is 12.2. The molecule has 0 radical (unpaired) electrons. The Morgan fingerprint density at radius 2 is 1.82 bits per heavy atom. The van der Waals surface area contributed by atoms with Gasteiger partial charge in [0, 0.05) is 38.6 Å². The zero-order chi connectivity index (χ0) is 15.4. The summed E-state index contributed by atoms with van der Waals surface area (Å²) in [7, 11) is 0. The number of carboxylic acids is 1. The molecule has 0 amide bonds. The standard InChI is InChI=1S/C16H18N4O2/c21-16(22)15(13-4-2-1-3-5-13)20-10-8-19(9-11-20)14-12-17-6-7-18-14/h1-7,12,15H,8-11H2,(H,21,22). The largest absolute Gasteiger partial charge is 0.480 e. The molecule has 1 aliphatic rings. The van der Waals surface area contributed by atoms with Crippen LogP contribution in [-0.4, -0.2) is 52.1 Å². The van der Waals surface area contributed by atoms with Gasteiger partial charge in [-0.3, -0.25) is 14.7 Å². The van der Waals surface area contributed by atoms with E-state index in [4.69, 9.17) is 0 Å². The van der Waals surface area contributed by atoms with Gasteiger partial charge in [-0.05, 0) is 5.56 Å². The minimum absolute atomic E-state index is 0.592. The maximum absolute atomic E-state index is 11.7. The van der Waals surface area contributed by atoms with Gasteiger partial charge in [0.05, 0.1) is 6.20 Å². The van der Waals surface area contributed by atoms with Crippen molar-refractivity contribution in [2.75, 3.05) is 31.1 Å². The van der Waals surface area contributed by atoms with Crippen LogP contribution in [0.25, 0.3) is 0 Å². The average molecular weight is 298 g/mol. The number of aliphatic carboxylic acids is 1. The summed E-state index contributed by atoms with van der Waals surface area (Å²) in [5, 5.41) is 9.58. The Hall–Kier alpha value is -2.47. The van der Waals surface area contributed by atoms with Crippen LogP contribution in [0, 0.1) is 0 Å². The number of anilines is 1. The SMILES string of the molecule is O=C(O)C(c1ccccc1)N1CCN(c2cnccn2)CC1. The number of rotatable bonds is 4. The molecule has 1 aromatic heterocycles. The predicted molar refractivity (Wildman–Crippen MR) is 82.6 cm³/mol. The van der Waals surface area contributed by atoms with Crippen LogP contribution < -0.4 is 4.90 Å². The molecule has 1 fully saturated rings. The van der Waals surface area contributed by atoms with Gasteiger partial charge in [0.2, 0.25) is 0 Å². The molecule has 1 aromatic carbocycles. The quantitative estimate of drug-likeness (QED) is 0.920. The third-order valence-electron chi connectivity index (χ3n) is 3.90. The summed E-state index contributed by atoms with van der Waals surface area (Å²) in [5.41, 5.74) is 0.822. The predicted octanol–water partition coefficient (Wildman–Crippen LogP) is 1.42. The van der Waals surface area contributed by atoms with E-state index in [9.17, 15) is 9.90 Å². The van der Waals surface area contributed by atoms with Gasteiger partial charge in [-0.15, -0.1) is 0 Å². The molecule has 6 nitrogen and oxygen atoms in total. The second-order valence-electron chi connectivity index (χ2n) is 5.24. The Labute approximate surface area is 129 Å². The summed E-state index contributed by atoms with van der Waals surface area (Å²) >= 11 is 0.